The number of aromatic nitrogens is 2. The van der Waals surface area contributed by atoms with E-state index in [-0.39, 0.29) is 0 Å². The summed E-state index contributed by atoms with van der Waals surface area (Å²) in [6.45, 7) is 3.46. The van der Waals surface area contributed by atoms with Gasteiger partial charge in [-0.2, -0.15) is 11.3 Å². The van der Waals surface area contributed by atoms with E-state index in [4.69, 9.17) is 0 Å². The first-order valence-electron chi connectivity index (χ1n) is 8.11. The summed E-state index contributed by atoms with van der Waals surface area (Å²) >= 11 is 1.73. The molecule has 0 aliphatic carbocycles. The molecule has 1 aliphatic rings. The van der Waals surface area contributed by atoms with Gasteiger partial charge < -0.3 is 10.0 Å². The number of thiophene rings is 1. The van der Waals surface area contributed by atoms with Crippen LogP contribution in [0.15, 0.2) is 47.3 Å². The second-order valence-electron chi connectivity index (χ2n) is 6.12. The predicted molar refractivity (Wildman–Crippen MR) is 97.2 cm³/mol. The van der Waals surface area contributed by atoms with Gasteiger partial charge in [-0.1, -0.05) is 18.2 Å². The maximum Gasteiger partial charge on any atom is 0.158 e. The SMILES string of the molecule is C[C@@H](O)c1nccc(N2CCc3cc(-c4ccsc4)ccc3C2)n1. The Labute approximate surface area is 145 Å². The van der Waals surface area contributed by atoms with Crippen LogP contribution in [0.2, 0.25) is 0 Å². The predicted octanol–water partition coefficient (Wildman–Crippen LogP) is 3.82. The average Bonchev–Trinajstić information content (AvgIpc) is 3.15. The van der Waals surface area contributed by atoms with Crippen LogP contribution in [0.25, 0.3) is 11.1 Å². The third-order valence-corrected chi connectivity index (χ3v) is 5.11. The van der Waals surface area contributed by atoms with E-state index in [1.165, 1.54) is 22.3 Å². The lowest BCUT2D eigenvalue weighted by Crippen LogP contribution is -2.31. The van der Waals surface area contributed by atoms with Gasteiger partial charge in [-0.05, 0) is 58.5 Å². The lowest BCUT2D eigenvalue weighted by Gasteiger charge is -2.30. The molecule has 4 rings (SSSR count). The van der Waals surface area contributed by atoms with Crippen molar-refractivity contribution in [2.75, 3.05) is 11.4 Å². The van der Waals surface area contributed by atoms with Gasteiger partial charge >= 0.3 is 0 Å². The fraction of sp³-hybridized carbons (Fsp3) is 0.263. The zero-order valence-corrected chi connectivity index (χ0v) is 14.3. The minimum atomic E-state index is -0.643. The lowest BCUT2D eigenvalue weighted by molar-refractivity contribution is 0.189. The molecular formula is C19H19N3OS. The first kappa shape index (κ1) is 15.3. The van der Waals surface area contributed by atoms with Crippen LogP contribution in [-0.4, -0.2) is 21.6 Å². The number of fused-ring (bicyclic) bond motifs is 1. The van der Waals surface area contributed by atoms with Crippen LogP contribution >= 0.6 is 11.3 Å². The minimum absolute atomic E-state index is 0.478. The monoisotopic (exact) mass is 337 g/mol. The Morgan fingerprint density at radius 1 is 1.17 bits per heavy atom. The van der Waals surface area contributed by atoms with Crippen molar-refractivity contribution in [3.05, 3.63) is 64.2 Å². The molecule has 1 aliphatic heterocycles. The first-order chi connectivity index (χ1) is 11.7. The van der Waals surface area contributed by atoms with Crippen molar-refractivity contribution >= 4 is 17.2 Å². The molecule has 0 fully saturated rings. The highest BCUT2D eigenvalue weighted by atomic mass is 32.1. The van der Waals surface area contributed by atoms with Crippen molar-refractivity contribution < 1.29 is 5.11 Å². The van der Waals surface area contributed by atoms with E-state index in [1.807, 2.05) is 6.07 Å². The summed E-state index contributed by atoms with van der Waals surface area (Å²) in [5.41, 5.74) is 5.35. The number of aliphatic hydroxyl groups excluding tert-OH is 1. The second kappa shape index (κ2) is 6.34. The largest absolute Gasteiger partial charge is 0.385 e. The van der Waals surface area contributed by atoms with E-state index in [0.29, 0.717) is 5.82 Å². The van der Waals surface area contributed by atoms with Gasteiger partial charge in [0.05, 0.1) is 0 Å². The Bertz CT molecular complexity index is 846. The zero-order valence-electron chi connectivity index (χ0n) is 13.5. The average molecular weight is 337 g/mol. The summed E-state index contributed by atoms with van der Waals surface area (Å²) in [6.07, 6.45) is 2.08. The number of anilines is 1. The van der Waals surface area contributed by atoms with Crippen LogP contribution in [0.1, 0.15) is 30.0 Å². The third-order valence-electron chi connectivity index (χ3n) is 4.43. The molecule has 0 saturated carbocycles. The topological polar surface area (TPSA) is 49.3 Å². The van der Waals surface area contributed by atoms with Gasteiger partial charge in [0.15, 0.2) is 5.82 Å². The summed E-state index contributed by atoms with van der Waals surface area (Å²) in [4.78, 5) is 10.9. The molecule has 1 N–H and O–H groups in total. The minimum Gasteiger partial charge on any atom is -0.385 e. The lowest BCUT2D eigenvalue weighted by atomic mass is 9.95. The number of benzene rings is 1. The van der Waals surface area contributed by atoms with Crippen molar-refractivity contribution in [1.82, 2.24) is 9.97 Å². The smallest absolute Gasteiger partial charge is 0.158 e. The molecule has 24 heavy (non-hydrogen) atoms. The quantitative estimate of drug-likeness (QED) is 0.789. The Balaban J connectivity index is 1.59. The molecule has 0 bridgehead atoms. The molecule has 5 heteroatoms. The van der Waals surface area contributed by atoms with Crippen molar-refractivity contribution in [3.63, 3.8) is 0 Å². The van der Waals surface area contributed by atoms with E-state index in [9.17, 15) is 5.11 Å². The summed E-state index contributed by atoms with van der Waals surface area (Å²) in [5.74, 6) is 1.36. The highest BCUT2D eigenvalue weighted by Gasteiger charge is 2.19. The molecule has 1 aromatic carbocycles. The Kier molecular flexibility index (Phi) is 4.04. The van der Waals surface area contributed by atoms with Gasteiger partial charge in [-0.25, -0.2) is 9.97 Å². The molecule has 1 atom stereocenters. The molecule has 0 amide bonds. The van der Waals surface area contributed by atoms with E-state index in [0.717, 1.165) is 25.3 Å². The van der Waals surface area contributed by atoms with E-state index >= 15 is 0 Å². The van der Waals surface area contributed by atoms with Crippen LogP contribution < -0.4 is 4.90 Å². The number of hydrogen-bond donors (Lipinski definition) is 1. The summed E-state index contributed by atoms with van der Waals surface area (Å²) in [7, 11) is 0. The maximum absolute atomic E-state index is 9.68. The second-order valence-corrected chi connectivity index (χ2v) is 6.90. The Morgan fingerprint density at radius 2 is 2.08 bits per heavy atom. The highest BCUT2D eigenvalue weighted by Crippen LogP contribution is 2.29. The molecule has 3 aromatic rings. The third kappa shape index (κ3) is 2.92. The van der Waals surface area contributed by atoms with E-state index < -0.39 is 6.10 Å². The fourth-order valence-corrected chi connectivity index (χ4v) is 3.76. The maximum atomic E-state index is 9.68. The zero-order chi connectivity index (χ0) is 16.5. The van der Waals surface area contributed by atoms with Crippen molar-refractivity contribution in [2.24, 2.45) is 0 Å². The van der Waals surface area contributed by atoms with Gasteiger partial charge in [0.1, 0.15) is 11.9 Å². The molecule has 0 radical (unpaired) electrons. The van der Waals surface area contributed by atoms with Gasteiger partial charge in [-0.3, -0.25) is 0 Å². The standard InChI is InChI=1S/C19H19N3OS/c1-13(23)19-20-7-4-18(21-19)22-8-5-15-10-14(2-3-16(15)11-22)17-6-9-24-12-17/h2-4,6-7,9-10,12-13,23H,5,8,11H2,1H3/t13-/m1/s1. The Hall–Kier alpha value is -2.24. The van der Waals surface area contributed by atoms with Gasteiger partial charge in [0, 0.05) is 19.3 Å². The molecule has 0 spiro atoms. The summed E-state index contributed by atoms with van der Waals surface area (Å²) in [5, 5.41) is 14.0. The summed E-state index contributed by atoms with van der Waals surface area (Å²) in [6, 6.07) is 10.8. The van der Waals surface area contributed by atoms with Gasteiger partial charge in [-0.15, -0.1) is 0 Å². The fourth-order valence-electron chi connectivity index (χ4n) is 3.10. The molecule has 0 saturated heterocycles. The molecular weight excluding hydrogens is 318 g/mol. The number of aliphatic hydroxyl groups is 1. The molecule has 4 nitrogen and oxygen atoms in total. The highest BCUT2D eigenvalue weighted by molar-refractivity contribution is 7.08. The number of rotatable bonds is 3. The number of hydrogen-bond acceptors (Lipinski definition) is 5. The van der Waals surface area contributed by atoms with Crippen LogP contribution in [0, 0.1) is 0 Å². The molecule has 3 heterocycles. The van der Waals surface area contributed by atoms with Gasteiger partial charge in [0.25, 0.3) is 0 Å². The van der Waals surface area contributed by atoms with E-state index in [2.05, 4.69) is 49.9 Å². The molecule has 0 unspecified atom stereocenters. The van der Waals surface area contributed by atoms with Crippen LogP contribution in [0.3, 0.4) is 0 Å². The summed E-state index contributed by atoms with van der Waals surface area (Å²) < 4.78 is 0. The van der Waals surface area contributed by atoms with Crippen molar-refractivity contribution in [1.29, 1.82) is 0 Å². The molecule has 2 aromatic heterocycles. The number of nitrogens with zero attached hydrogens (tertiary/aromatic N) is 3. The first-order valence-corrected chi connectivity index (χ1v) is 9.05. The van der Waals surface area contributed by atoms with Gasteiger partial charge in [0.2, 0.25) is 0 Å². The molecule has 122 valence electrons. The van der Waals surface area contributed by atoms with Crippen LogP contribution in [-0.2, 0) is 13.0 Å². The van der Waals surface area contributed by atoms with Crippen LogP contribution in [0.4, 0.5) is 5.82 Å². The van der Waals surface area contributed by atoms with Crippen LogP contribution in [0.5, 0.6) is 0 Å². The van der Waals surface area contributed by atoms with Crippen molar-refractivity contribution in [2.45, 2.75) is 26.0 Å². The Morgan fingerprint density at radius 3 is 2.88 bits per heavy atom. The normalized spacial score (nSPS) is 15.2. The van der Waals surface area contributed by atoms with Crippen molar-refractivity contribution in [3.8, 4) is 11.1 Å². The van der Waals surface area contributed by atoms with E-state index in [1.54, 1.807) is 24.5 Å².